The van der Waals surface area contributed by atoms with E-state index >= 15 is 0 Å². The van der Waals surface area contributed by atoms with Gasteiger partial charge in [-0.2, -0.15) is 0 Å². The molecule has 0 amide bonds. The highest BCUT2D eigenvalue weighted by Crippen LogP contribution is 2.64. The van der Waals surface area contributed by atoms with Crippen molar-refractivity contribution in [1.82, 2.24) is 0 Å². The van der Waals surface area contributed by atoms with Gasteiger partial charge in [-0.15, -0.1) is 0 Å². The van der Waals surface area contributed by atoms with Crippen LogP contribution in [0.3, 0.4) is 0 Å². The minimum atomic E-state index is -0.551. The molecule has 9 aromatic carbocycles. The van der Waals surface area contributed by atoms with Gasteiger partial charge in [-0.1, -0.05) is 170 Å². The number of para-hydroxylation sites is 5. The summed E-state index contributed by atoms with van der Waals surface area (Å²) in [4.78, 5) is 2.47. The summed E-state index contributed by atoms with van der Waals surface area (Å²) in [7, 11) is 0. The van der Waals surface area contributed by atoms with Crippen LogP contribution < -0.4 is 14.4 Å². The number of hydrogen-bond donors (Lipinski definition) is 0. The highest BCUT2D eigenvalue weighted by molar-refractivity contribution is 5.96. The fourth-order valence-electron chi connectivity index (χ4n) is 11.8. The Bertz CT molecular complexity index is 3390. The number of nitrogens with zero attached hydrogens (tertiary/aromatic N) is 1. The molecule has 0 radical (unpaired) electrons. The zero-order valence-corrected chi connectivity index (χ0v) is 36.1. The minimum Gasteiger partial charge on any atom is -0.457 e. The van der Waals surface area contributed by atoms with E-state index in [4.69, 9.17) is 9.47 Å². The van der Waals surface area contributed by atoms with Gasteiger partial charge in [0, 0.05) is 39.2 Å². The summed E-state index contributed by atoms with van der Waals surface area (Å²) in [5.74, 6) is 3.56. The molecule has 3 heteroatoms. The van der Waals surface area contributed by atoms with Crippen molar-refractivity contribution in [3.05, 3.63) is 275 Å². The van der Waals surface area contributed by atoms with E-state index in [2.05, 4.69) is 243 Å². The van der Waals surface area contributed by atoms with Crippen molar-refractivity contribution in [3.8, 4) is 45.3 Å². The quantitative estimate of drug-likeness (QED) is 0.172. The van der Waals surface area contributed by atoms with Crippen molar-refractivity contribution in [2.45, 2.75) is 24.7 Å². The van der Waals surface area contributed by atoms with Crippen molar-refractivity contribution in [3.63, 3.8) is 0 Å². The summed E-state index contributed by atoms with van der Waals surface area (Å²) >= 11 is 0. The van der Waals surface area contributed by atoms with Crippen molar-refractivity contribution >= 4 is 22.6 Å². The lowest BCUT2D eigenvalue weighted by Gasteiger charge is -2.40. The van der Waals surface area contributed by atoms with Gasteiger partial charge in [0.05, 0.1) is 16.5 Å². The molecule has 0 fully saturated rings. The molecule has 0 unspecified atom stereocenters. The van der Waals surface area contributed by atoms with E-state index < -0.39 is 10.8 Å². The first-order chi connectivity index (χ1) is 32.1. The molecule has 0 aromatic heterocycles. The average molecular weight is 834 g/mol. The standard InChI is InChI=1S/C62H43NO2/c1-3-19-48-40(2)46-38-42(34-36-50(46)61(48)52-25-10-15-30-57(52)64-58-31-16-11-26-53(58)61)63(56-29-14-8-22-44(56)41-20-5-4-6-21-41)43-35-37-51-47(39-43)45-23-7-9-24-49(45)62(51)54-27-12-17-32-59(54)65-60-33-18-13-28-55(60)62/h3-39H,1-2H3/b19-3-. The normalized spacial score (nSPS) is 15.0. The summed E-state index contributed by atoms with van der Waals surface area (Å²) in [6.07, 6.45) is 4.50. The lowest BCUT2D eigenvalue weighted by atomic mass is 9.65. The Morgan fingerprint density at radius 2 is 0.815 bits per heavy atom. The van der Waals surface area contributed by atoms with Gasteiger partial charge in [-0.3, -0.25) is 0 Å². The van der Waals surface area contributed by atoms with E-state index in [0.29, 0.717) is 0 Å². The number of benzene rings is 9. The number of ether oxygens (including phenoxy) is 2. The molecule has 3 nitrogen and oxygen atoms in total. The van der Waals surface area contributed by atoms with E-state index in [0.717, 1.165) is 73.4 Å². The molecule has 65 heavy (non-hydrogen) atoms. The zero-order valence-electron chi connectivity index (χ0n) is 36.1. The molecule has 0 saturated heterocycles. The predicted molar refractivity (Wildman–Crippen MR) is 264 cm³/mol. The molecule has 0 N–H and O–H groups in total. The Labute approximate surface area is 379 Å². The van der Waals surface area contributed by atoms with Gasteiger partial charge in [-0.05, 0) is 119 Å². The Kier molecular flexibility index (Phi) is 8.17. The molecule has 2 heterocycles. The van der Waals surface area contributed by atoms with Crippen molar-refractivity contribution in [1.29, 1.82) is 0 Å². The molecule has 2 spiro atoms. The monoisotopic (exact) mass is 833 g/mol. The summed E-state index contributed by atoms with van der Waals surface area (Å²) in [6.45, 7) is 4.42. The Balaban J connectivity index is 1.07. The second-order valence-corrected chi connectivity index (χ2v) is 17.5. The number of allylic oxidation sites excluding steroid dienone is 4. The lowest BCUT2D eigenvalue weighted by Crippen LogP contribution is -2.32. The largest absolute Gasteiger partial charge is 0.457 e. The van der Waals surface area contributed by atoms with Crippen LogP contribution in [0.4, 0.5) is 17.1 Å². The van der Waals surface area contributed by atoms with Crippen molar-refractivity contribution in [2.75, 3.05) is 4.90 Å². The molecular weight excluding hydrogens is 791 g/mol. The van der Waals surface area contributed by atoms with E-state index in [1.54, 1.807) is 0 Å². The Morgan fingerprint density at radius 1 is 0.385 bits per heavy atom. The number of rotatable bonds is 5. The van der Waals surface area contributed by atoms with Crippen LogP contribution in [0.15, 0.2) is 230 Å². The molecule has 0 saturated carbocycles. The fraction of sp³-hybridized carbons (Fsp3) is 0.0645. The third-order valence-corrected chi connectivity index (χ3v) is 14.3. The maximum absolute atomic E-state index is 6.65. The maximum Gasteiger partial charge on any atom is 0.132 e. The summed E-state index contributed by atoms with van der Waals surface area (Å²) in [6, 6.07) is 77.1. The molecule has 0 atom stereocenters. The van der Waals surface area contributed by atoms with Gasteiger partial charge < -0.3 is 14.4 Å². The van der Waals surface area contributed by atoms with E-state index in [1.165, 1.54) is 44.5 Å². The highest BCUT2D eigenvalue weighted by Gasteiger charge is 2.52. The van der Waals surface area contributed by atoms with E-state index in [9.17, 15) is 0 Å². The first kappa shape index (κ1) is 37.4. The zero-order chi connectivity index (χ0) is 43.3. The number of hydrogen-bond acceptors (Lipinski definition) is 3. The minimum absolute atomic E-state index is 0.550. The molecule has 308 valence electrons. The second kappa shape index (κ2) is 14.2. The molecule has 4 aliphatic rings. The highest BCUT2D eigenvalue weighted by atomic mass is 16.5. The van der Waals surface area contributed by atoms with Crippen LogP contribution in [0.1, 0.15) is 58.4 Å². The van der Waals surface area contributed by atoms with E-state index in [-0.39, 0.29) is 0 Å². The maximum atomic E-state index is 6.65. The van der Waals surface area contributed by atoms with Gasteiger partial charge in [0.2, 0.25) is 0 Å². The van der Waals surface area contributed by atoms with Crippen molar-refractivity contribution < 1.29 is 9.47 Å². The van der Waals surface area contributed by atoms with Gasteiger partial charge >= 0.3 is 0 Å². The van der Waals surface area contributed by atoms with Crippen LogP contribution in [0.25, 0.3) is 27.8 Å². The molecule has 13 rings (SSSR count). The van der Waals surface area contributed by atoms with Crippen LogP contribution in [0, 0.1) is 0 Å². The smallest absolute Gasteiger partial charge is 0.132 e. The van der Waals surface area contributed by atoms with Crippen molar-refractivity contribution in [2.24, 2.45) is 0 Å². The first-order valence-electron chi connectivity index (χ1n) is 22.5. The average Bonchev–Trinajstić information content (AvgIpc) is 3.78. The second-order valence-electron chi connectivity index (χ2n) is 17.5. The summed E-state index contributed by atoms with van der Waals surface area (Å²) in [5.41, 5.74) is 19.1. The third kappa shape index (κ3) is 5.07. The van der Waals surface area contributed by atoms with Crippen LogP contribution in [-0.2, 0) is 10.8 Å². The van der Waals surface area contributed by atoms with Gasteiger partial charge in [0.15, 0.2) is 0 Å². The Hall–Kier alpha value is -8.14. The van der Waals surface area contributed by atoms with Crippen LogP contribution in [0.5, 0.6) is 23.0 Å². The molecular formula is C62H43NO2. The van der Waals surface area contributed by atoms with Gasteiger partial charge in [0.1, 0.15) is 23.0 Å². The fourth-order valence-corrected chi connectivity index (χ4v) is 11.8. The SMILES string of the molecule is C/C=C\C1=C(C)c2cc(N(c3ccc4c(c3)-c3ccccc3C43c4ccccc4Oc4ccccc43)c3ccccc3-c3ccccc3)ccc2C12c1ccccc1Oc1ccccc12. The van der Waals surface area contributed by atoms with Gasteiger partial charge in [-0.25, -0.2) is 0 Å². The van der Waals surface area contributed by atoms with Crippen LogP contribution in [-0.4, -0.2) is 0 Å². The molecule has 2 aliphatic carbocycles. The molecule has 9 aromatic rings. The van der Waals surface area contributed by atoms with Crippen LogP contribution in [0.2, 0.25) is 0 Å². The van der Waals surface area contributed by atoms with Gasteiger partial charge in [0.25, 0.3) is 0 Å². The van der Waals surface area contributed by atoms with Crippen LogP contribution >= 0.6 is 0 Å². The Morgan fingerprint density at radius 3 is 1.38 bits per heavy atom. The first-order valence-corrected chi connectivity index (χ1v) is 22.5. The molecule has 0 bridgehead atoms. The summed E-state index contributed by atoms with van der Waals surface area (Å²) in [5, 5.41) is 0. The number of anilines is 3. The third-order valence-electron chi connectivity index (χ3n) is 14.3. The predicted octanol–water partition coefficient (Wildman–Crippen LogP) is 16.1. The number of fused-ring (bicyclic) bond motifs is 15. The lowest BCUT2D eigenvalue weighted by molar-refractivity contribution is 0.435. The molecule has 2 aliphatic heterocycles. The van der Waals surface area contributed by atoms with E-state index in [1.807, 2.05) is 0 Å². The summed E-state index contributed by atoms with van der Waals surface area (Å²) < 4.78 is 13.3. The topological polar surface area (TPSA) is 21.7 Å².